The number of likely N-dealkylation sites (tertiary alicyclic amines) is 1. The molecule has 4 nitrogen and oxygen atoms in total. The summed E-state index contributed by atoms with van der Waals surface area (Å²) in [6.07, 6.45) is 2.12. The molecule has 2 amide bonds. The van der Waals surface area contributed by atoms with E-state index >= 15 is 0 Å². The van der Waals surface area contributed by atoms with Crippen molar-refractivity contribution in [3.63, 3.8) is 0 Å². The second-order valence-corrected chi connectivity index (χ2v) is 5.67. The first-order valence-electron chi connectivity index (χ1n) is 7.19. The maximum absolute atomic E-state index is 12.0. The van der Waals surface area contributed by atoms with Crippen LogP contribution in [0.25, 0.3) is 0 Å². The molecule has 1 saturated heterocycles. The van der Waals surface area contributed by atoms with Gasteiger partial charge in [0, 0.05) is 19.6 Å². The Bertz CT molecular complexity index is 482. The van der Waals surface area contributed by atoms with E-state index in [1.54, 1.807) is 4.90 Å². The third kappa shape index (κ3) is 3.83. The van der Waals surface area contributed by atoms with Gasteiger partial charge in [0.1, 0.15) is 0 Å². The number of hydrogen-bond acceptors (Lipinski definition) is 2. The highest BCUT2D eigenvalue weighted by Gasteiger charge is 2.25. The molecule has 1 heterocycles. The van der Waals surface area contributed by atoms with Gasteiger partial charge in [-0.05, 0) is 31.2 Å². The van der Waals surface area contributed by atoms with Gasteiger partial charge in [0.15, 0.2) is 0 Å². The third-order valence-corrected chi connectivity index (χ3v) is 3.71. The number of amides is 2. The van der Waals surface area contributed by atoms with E-state index in [2.05, 4.69) is 12.2 Å². The van der Waals surface area contributed by atoms with Crippen LogP contribution in [-0.2, 0) is 16.1 Å². The van der Waals surface area contributed by atoms with Crippen LogP contribution < -0.4 is 5.32 Å². The molecule has 0 aliphatic carbocycles. The first kappa shape index (κ1) is 14.6. The summed E-state index contributed by atoms with van der Waals surface area (Å²) in [6, 6.07) is 7.91. The summed E-state index contributed by atoms with van der Waals surface area (Å²) < 4.78 is 0. The SMILES string of the molecule is Cc1ccc(CNC(=O)C(=O)N2CCCC(C)C2)cc1. The van der Waals surface area contributed by atoms with Gasteiger partial charge in [0.2, 0.25) is 0 Å². The van der Waals surface area contributed by atoms with Crippen LogP contribution in [0.1, 0.15) is 30.9 Å². The van der Waals surface area contributed by atoms with Gasteiger partial charge in [-0.2, -0.15) is 0 Å². The summed E-state index contributed by atoms with van der Waals surface area (Å²) in [5.41, 5.74) is 2.18. The third-order valence-electron chi connectivity index (χ3n) is 3.71. The zero-order valence-electron chi connectivity index (χ0n) is 12.2. The first-order valence-corrected chi connectivity index (χ1v) is 7.19. The highest BCUT2D eigenvalue weighted by molar-refractivity contribution is 6.34. The number of carbonyl (C=O) groups excluding carboxylic acids is 2. The minimum atomic E-state index is -0.500. The molecular formula is C16H22N2O2. The van der Waals surface area contributed by atoms with Gasteiger partial charge in [-0.1, -0.05) is 36.8 Å². The number of nitrogens with zero attached hydrogens (tertiary/aromatic N) is 1. The largest absolute Gasteiger partial charge is 0.344 e. The molecule has 0 saturated carbocycles. The van der Waals surface area contributed by atoms with Crippen molar-refractivity contribution in [2.24, 2.45) is 5.92 Å². The van der Waals surface area contributed by atoms with Crippen molar-refractivity contribution in [3.05, 3.63) is 35.4 Å². The van der Waals surface area contributed by atoms with Crippen molar-refractivity contribution >= 4 is 11.8 Å². The summed E-state index contributed by atoms with van der Waals surface area (Å²) in [6.45, 7) is 5.92. The molecule has 1 unspecified atom stereocenters. The molecule has 1 aliphatic heterocycles. The lowest BCUT2D eigenvalue weighted by atomic mass is 10.0. The predicted octanol–water partition coefficient (Wildman–Crippen LogP) is 1.87. The van der Waals surface area contributed by atoms with Crippen molar-refractivity contribution < 1.29 is 9.59 Å². The Morgan fingerprint density at radius 2 is 2.00 bits per heavy atom. The Morgan fingerprint density at radius 3 is 2.65 bits per heavy atom. The molecule has 1 aromatic carbocycles. The zero-order chi connectivity index (χ0) is 14.5. The fourth-order valence-corrected chi connectivity index (χ4v) is 2.48. The standard InChI is InChI=1S/C16H22N2O2/c1-12-5-7-14(8-6-12)10-17-15(19)16(20)18-9-3-4-13(2)11-18/h5-8,13H,3-4,9-11H2,1-2H3,(H,17,19). The summed E-state index contributed by atoms with van der Waals surface area (Å²) in [7, 11) is 0. The van der Waals surface area contributed by atoms with Crippen LogP contribution >= 0.6 is 0 Å². The maximum atomic E-state index is 12.0. The molecule has 108 valence electrons. The molecule has 2 rings (SSSR count). The number of piperidine rings is 1. The van der Waals surface area contributed by atoms with E-state index in [4.69, 9.17) is 0 Å². The molecule has 1 N–H and O–H groups in total. The molecule has 1 fully saturated rings. The summed E-state index contributed by atoms with van der Waals surface area (Å²) in [5, 5.41) is 2.70. The second-order valence-electron chi connectivity index (χ2n) is 5.67. The molecule has 0 radical (unpaired) electrons. The number of nitrogens with one attached hydrogen (secondary N) is 1. The van der Waals surface area contributed by atoms with Crippen LogP contribution in [0, 0.1) is 12.8 Å². The number of rotatable bonds is 2. The Labute approximate surface area is 120 Å². The van der Waals surface area contributed by atoms with E-state index in [-0.39, 0.29) is 0 Å². The fraction of sp³-hybridized carbons (Fsp3) is 0.500. The minimum Gasteiger partial charge on any atom is -0.344 e. The summed E-state index contributed by atoms with van der Waals surface area (Å²) >= 11 is 0. The second kappa shape index (κ2) is 6.55. The van der Waals surface area contributed by atoms with Gasteiger partial charge >= 0.3 is 11.8 Å². The lowest BCUT2D eigenvalue weighted by molar-refractivity contribution is -0.147. The van der Waals surface area contributed by atoms with Crippen molar-refractivity contribution in [3.8, 4) is 0 Å². The minimum absolute atomic E-state index is 0.397. The average Bonchev–Trinajstić information content (AvgIpc) is 2.45. The number of aryl methyl sites for hydroxylation is 1. The Hall–Kier alpha value is -1.84. The van der Waals surface area contributed by atoms with Crippen molar-refractivity contribution in [1.82, 2.24) is 10.2 Å². The van der Waals surface area contributed by atoms with E-state index in [1.165, 1.54) is 5.56 Å². The van der Waals surface area contributed by atoms with Crippen LogP contribution in [0.5, 0.6) is 0 Å². The Balaban J connectivity index is 1.84. The van der Waals surface area contributed by atoms with Crippen molar-refractivity contribution in [1.29, 1.82) is 0 Å². The quantitative estimate of drug-likeness (QED) is 0.837. The molecule has 1 aromatic rings. The van der Waals surface area contributed by atoms with Gasteiger partial charge in [0.05, 0.1) is 0 Å². The van der Waals surface area contributed by atoms with E-state index in [9.17, 15) is 9.59 Å². The lowest BCUT2D eigenvalue weighted by Crippen LogP contribution is -2.46. The fourth-order valence-electron chi connectivity index (χ4n) is 2.48. The number of carbonyl (C=O) groups is 2. The highest BCUT2D eigenvalue weighted by atomic mass is 16.2. The normalized spacial score (nSPS) is 18.7. The molecule has 1 aliphatic rings. The van der Waals surface area contributed by atoms with Crippen LogP contribution in [0.2, 0.25) is 0 Å². The monoisotopic (exact) mass is 274 g/mol. The first-order chi connectivity index (χ1) is 9.56. The molecule has 0 bridgehead atoms. The molecule has 20 heavy (non-hydrogen) atoms. The topological polar surface area (TPSA) is 49.4 Å². The van der Waals surface area contributed by atoms with Gasteiger partial charge in [0.25, 0.3) is 0 Å². The lowest BCUT2D eigenvalue weighted by Gasteiger charge is -2.30. The molecule has 0 spiro atoms. The van der Waals surface area contributed by atoms with Crippen LogP contribution in [0.15, 0.2) is 24.3 Å². The number of hydrogen-bond donors (Lipinski definition) is 1. The van der Waals surface area contributed by atoms with Crippen LogP contribution in [-0.4, -0.2) is 29.8 Å². The Kier molecular flexibility index (Phi) is 4.77. The van der Waals surface area contributed by atoms with Gasteiger partial charge in [-0.25, -0.2) is 0 Å². The van der Waals surface area contributed by atoms with E-state index in [1.807, 2.05) is 31.2 Å². The van der Waals surface area contributed by atoms with Gasteiger partial charge in [-0.15, -0.1) is 0 Å². The highest BCUT2D eigenvalue weighted by Crippen LogP contribution is 2.15. The van der Waals surface area contributed by atoms with E-state index in [0.717, 1.165) is 18.4 Å². The Morgan fingerprint density at radius 1 is 1.30 bits per heavy atom. The van der Waals surface area contributed by atoms with Crippen molar-refractivity contribution in [2.45, 2.75) is 33.2 Å². The van der Waals surface area contributed by atoms with E-state index in [0.29, 0.717) is 25.6 Å². The maximum Gasteiger partial charge on any atom is 0.311 e. The van der Waals surface area contributed by atoms with Crippen molar-refractivity contribution in [2.75, 3.05) is 13.1 Å². The predicted molar refractivity (Wildman–Crippen MR) is 78.0 cm³/mol. The molecule has 1 atom stereocenters. The molecule has 4 heteroatoms. The van der Waals surface area contributed by atoms with E-state index < -0.39 is 11.8 Å². The number of benzene rings is 1. The summed E-state index contributed by atoms with van der Waals surface area (Å²) in [5.74, 6) is -0.416. The molecule has 0 aromatic heterocycles. The zero-order valence-corrected chi connectivity index (χ0v) is 12.2. The van der Waals surface area contributed by atoms with Crippen LogP contribution in [0.4, 0.5) is 0 Å². The summed E-state index contributed by atoms with van der Waals surface area (Å²) in [4.78, 5) is 25.6. The van der Waals surface area contributed by atoms with Gasteiger partial charge in [-0.3, -0.25) is 9.59 Å². The van der Waals surface area contributed by atoms with Crippen LogP contribution in [0.3, 0.4) is 0 Å². The average molecular weight is 274 g/mol. The molecular weight excluding hydrogens is 252 g/mol. The van der Waals surface area contributed by atoms with Gasteiger partial charge < -0.3 is 10.2 Å². The smallest absolute Gasteiger partial charge is 0.311 e.